The van der Waals surface area contributed by atoms with Crippen LogP contribution < -0.4 is 5.32 Å². The molecule has 0 bridgehead atoms. The second-order valence-corrected chi connectivity index (χ2v) is 6.88. The predicted molar refractivity (Wildman–Crippen MR) is 83.0 cm³/mol. The molecule has 0 heterocycles. The van der Waals surface area contributed by atoms with Gasteiger partial charge in [-0.2, -0.15) is 0 Å². The second-order valence-electron chi connectivity index (χ2n) is 6.88. The summed E-state index contributed by atoms with van der Waals surface area (Å²) in [7, 11) is 0. The second kappa shape index (κ2) is 5.80. The van der Waals surface area contributed by atoms with Crippen LogP contribution in [0, 0.1) is 0 Å². The van der Waals surface area contributed by atoms with Crippen LogP contribution in [0.2, 0.25) is 0 Å². The highest BCUT2D eigenvalue weighted by molar-refractivity contribution is 5.77. The molecule has 1 amide bonds. The van der Waals surface area contributed by atoms with Crippen molar-refractivity contribution in [2.75, 3.05) is 6.54 Å². The zero-order valence-corrected chi connectivity index (χ0v) is 12.6. The summed E-state index contributed by atoms with van der Waals surface area (Å²) in [5.41, 5.74) is 0.704. The molecule has 2 saturated carbocycles. The van der Waals surface area contributed by atoms with Crippen molar-refractivity contribution < 1.29 is 9.90 Å². The van der Waals surface area contributed by atoms with Crippen LogP contribution in [-0.2, 0) is 10.2 Å². The first-order valence-electron chi connectivity index (χ1n) is 8.17. The van der Waals surface area contributed by atoms with Gasteiger partial charge in [0, 0.05) is 12.0 Å². The number of amides is 1. The van der Waals surface area contributed by atoms with Crippen molar-refractivity contribution in [1.29, 1.82) is 0 Å². The lowest BCUT2D eigenvalue weighted by Gasteiger charge is -2.42. The Morgan fingerprint density at radius 1 is 1.05 bits per heavy atom. The molecule has 1 aromatic carbocycles. The molecule has 2 N–H and O–H groups in total. The van der Waals surface area contributed by atoms with Gasteiger partial charge in [-0.1, -0.05) is 49.6 Å². The van der Waals surface area contributed by atoms with Crippen LogP contribution in [0.1, 0.15) is 56.9 Å². The summed E-state index contributed by atoms with van der Waals surface area (Å²) in [6.45, 7) is 0.700. The normalized spacial score (nSPS) is 22.5. The van der Waals surface area contributed by atoms with E-state index in [1.165, 1.54) is 12.0 Å². The summed E-state index contributed by atoms with van der Waals surface area (Å²) in [6.07, 6.45) is 7.39. The number of rotatable bonds is 5. The van der Waals surface area contributed by atoms with Crippen molar-refractivity contribution in [3.63, 3.8) is 0 Å². The first-order valence-corrected chi connectivity index (χ1v) is 8.17. The van der Waals surface area contributed by atoms with Gasteiger partial charge >= 0.3 is 0 Å². The lowest BCUT2D eigenvalue weighted by molar-refractivity contribution is -0.126. The molecule has 2 fully saturated rings. The van der Waals surface area contributed by atoms with Gasteiger partial charge in [0.15, 0.2) is 0 Å². The Labute approximate surface area is 126 Å². The number of nitrogens with one attached hydrogen (secondary N) is 1. The largest absolute Gasteiger partial charge is 0.389 e. The van der Waals surface area contributed by atoms with E-state index in [2.05, 4.69) is 29.6 Å². The highest BCUT2D eigenvalue weighted by Crippen LogP contribution is 2.43. The molecule has 3 heteroatoms. The fourth-order valence-electron chi connectivity index (χ4n) is 3.80. The van der Waals surface area contributed by atoms with Crippen LogP contribution in [0.3, 0.4) is 0 Å². The minimum atomic E-state index is -0.746. The molecule has 0 radical (unpaired) electrons. The van der Waals surface area contributed by atoms with E-state index < -0.39 is 5.60 Å². The van der Waals surface area contributed by atoms with Crippen LogP contribution in [0.4, 0.5) is 0 Å². The SMILES string of the molecule is O=C(CC1(O)CCCC1)NCC1(c2ccccc2)CCC1. The molecule has 0 unspecified atom stereocenters. The van der Waals surface area contributed by atoms with Gasteiger partial charge in [-0.25, -0.2) is 0 Å². The summed E-state index contributed by atoms with van der Waals surface area (Å²) >= 11 is 0. The lowest BCUT2D eigenvalue weighted by atomic mass is 9.64. The van der Waals surface area contributed by atoms with E-state index in [4.69, 9.17) is 0 Å². The van der Waals surface area contributed by atoms with Crippen molar-refractivity contribution in [3.05, 3.63) is 35.9 Å². The van der Waals surface area contributed by atoms with E-state index >= 15 is 0 Å². The highest BCUT2D eigenvalue weighted by Gasteiger charge is 2.39. The van der Waals surface area contributed by atoms with Crippen molar-refractivity contribution in [2.45, 2.75) is 62.4 Å². The molecule has 0 aliphatic heterocycles. The minimum absolute atomic E-state index is 0.00149. The van der Waals surface area contributed by atoms with Crippen LogP contribution in [0.5, 0.6) is 0 Å². The maximum absolute atomic E-state index is 12.2. The van der Waals surface area contributed by atoms with Gasteiger partial charge in [-0.3, -0.25) is 4.79 Å². The molecule has 0 spiro atoms. The van der Waals surface area contributed by atoms with E-state index in [0.717, 1.165) is 38.5 Å². The summed E-state index contributed by atoms with van der Waals surface area (Å²) in [5, 5.41) is 13.4. The van der Waals surface area contributed by atoms with Crippen LogP contribution in [0.15, 0.2) is 30.3 Å². The maximum Gasteiger partial charge on any atom is 0.222 e. The van der Waals surface area contributed by atoms with Gasteiger partial charge in [0.1, 0.15) is 0 Å². The lowest BCUT2D eigenvalue weighted by Crippen LogP contribution is -2.46. The van der Waals surface area contributed by atoms with E-state index in [-0.39, 0.29) is 17.7 Å². The smallest absolute Gasteiger partial charge is 0.222 e. The third-order valence-electron chi connectivity index (χ3n) is 5.34. The Morgan fingerprint density at radius 3 is 2.29 bits per heavy atom. The fourth-order valence-corrected chi connectivity index (χ4v) is 3.80. The zero-order valence-electron chi connectivity index (χ0n) is 12.6. The molecule has 114 valence electrons. The molecule has 1 aromatic rings. The molecule has 2 aliphatic rings. The average Bonchev–Trinajstić information content (AvgIpc) is 2.85. The number of hydrogen-bond donors (Lipinski definition) is 2. The van der Waals surface area contributed by atoms with E-state index in [0.29, 0.717) is 6.54 Å². The Balaban J connectivity index is 1.57. The Hall–Kier alpha value is -1.35. The third kappa shape index (κ3) is 3.13. The summed E-state index contributed by atoms with van der Waals surface area (Å²) in [4.78, 5) is 12.2. The van der Waals surface area contributed by atoms with Crippen molar-refractivity contribution in [1.82, 2.24) is 5.32 Å². The van der Waals surface area contributed by atoms with E-state index in [1.54, 1.807) is 0 Å². The predicted octanol–water partition coefficient (Wildman–Crippen LogP) is 2.92. The van der Waals surface area contributed by atoms with Crippen LogP contribution in [0.25, 0.3) is 0 Å². The van der Waals surface area contributed by atoms with E-state index in [1.807, 2.05) is 6.07 Å². The van der Waals surface area contributed by atoms with Gasteiger partial charge < -0.3 is 10.4 Å². The Morgan fingerprint density at radius 2 is 1.71 bits per heavy atom. The van der Waals surface area contributed by atoms with Crippen molar-refractivity contribution >= 4 is 5.91 Å². The number of carbonyl (C=O) groups excluding carboxylic acids is 1. The topological polar surface area (TPSA) is 49.3 Å². The fraction of sp³-hybridized carbons (Fsp3) is 0.611. The number of aliphatic hydroxyl groups is 1. The van der Waals surface area contributed by atoms with Gasteiger partial charge in [-0.15, -0.1) is 0 Å². The highest BCUT2D eigenvalue weighted by atomic mass is 16.3. The Kier molecular flexibility index (Phi) is 4.03. The first-order chi connectivity index (χ1) is 10.1. The van der Waals surface area contributed by atoms with Crippen LogP contribution >= 0.6 is 0 Å². The molecule has 0 saturated heterocycles. The number of benzene rings is 1. The Bertz CT molecular complexity index is 487. The molecule has 2 aliphatic carbocycles. The zero-order chi connectivity index (χ0) is 14.8. The van der Waals surface area contributed by atoms with Gasteiger partial charge in [0.05, 0.1) is 12.0 Å². The van der Waals surface area contributed by atoms with Gasteiger partial charge in [-0.05, 0) is 31.2 Å². The molecule has 3 nitrogen and oxygen atoms in total. The average molecular weight is 287 g/mol. The van der Waals surface area contributed by atoms with Crippen molar-refractivity contribution in [2.24, 2.45) is 0 Å². The summed E-state index contributed by atoms with van der Waals surface area (Å²) in [6, 6.07) is 10.5. The summed E-state index contributed by atoms with van der Waals surface area (Å²) in [5.74, 6) is 0.00149. The summed E-state index contributed by atoms with van der Waals surface area (Å²) < 4.78 is 0. The first kappa shape index (κ1) is 14.6. The molecule has 0 atom stereocenters. The molecular formula is C18H25NO2. The van der Waals surface area contributed by atoms with Gasteiger partial charge in [0.25, 0.3) is 0 Å². The van der Waals surface area contributed by atoms with Crippen LogP contribution in [-0.4, -0.2) is 23.2 Å². The van der Waals surface area contributed by atoms with E-state index in [9.17, 15) is 9.90 Å². The number of hydrogen-bond acceptors (Lipinski definition) is 2. The quantitative estimate of drug-likeness (QED) is 0.875. The third-order valence-corrected chi connectivity index (χ3v) is 5.34. The minimum Gasteiger partial charge on any atom is -0.389 e. The van der Waals surface area contributed by atoms with Crippen molar-refractivity contribution in [3.8, 4) is 0 Å². The molecule has 21 heavy (non-hydrogen) atoms. The maximum atomic E-state index is 12.2. The van der Waals surface area contributed by atoms with Gasteiger partial charge in [0.2, 0.25) is 5.91 Å². The molecule has 3 rings (SSSR count). The monoisotopic (exact) mass is 287 g/mol. The molecule has 0 aromatic heterocycles. The molecular weight excluding hydrogens is 262 g/mol. The number of carbonyl (C=O) groups is 1. The standard InChI is InChI=1S/C18H25NO2/c20-16(13-18(21)11-4-5-12-18)19-14-17(9-6-10-17)15-7-2-1-3-8-15/h1-3,7-8,21H,4-6,9-14H2,(H,19,20).